The zero-order valence-corrected chi connectivity index (χ0v) is 16.0. The van der Waals surface area contributed by atoms with Crippen LogP contribution in [0.5, 0.6) is 11.5 Å². The van der Waals surface area contributed by atoms with Gasteiger partial charge in [0.1, 0.15) is 5.82 Å². The van der Waals surface area contributed by atoms with Gasteiger partial charge in [-0.2, -0.15) is 0 Å². The van der Waals surface area contributed by atoms with Gasteiger partial charge in [0.2, 0.25) is 0 Å². The molecule has 2 rings (SSSR count). The molecule has 0 unspecified atom stereocenters. The van der Waals surface area contributed by atoms with Crippen LogP contribution in [0.3, 0.4) is 0 Å². The Kier molecular flexibility index (Phi) is 7.56. The van der Waals surface area contributed by atoms with Crippen LogP contribution in [-0.2, 0) is 4.79 Å². The molecule has 28 heavy (non-hydrogen) atoms. The Hall–Kier alpha value is -3.35. The first-order valence-electron chi connectivity index (χ1n) is 8.74. The first-order chi connectivity index (χ1) is 13.4. The SMILES string of the molecule is COc1cc(/C=C/C(=O)NNC(=O)c2ccc(F)cc2)ccc1OCC(C)C. The van der Waals surface area contributed by atoms with Crippen molar-refractivity contribution in [1.82, 2.24) is 10.9 Å². The van der Waals surface area contributed by atoms with Crippen LogP contribution >= 0.6 is 0 Å². The lowest BCUT2D eigenvalue weighted by molar-refractivity contribution is -0.117. The fourth-order valence-electron chi connectivity index (χ4n) is 2.17. The number of ether oxygens (including phenoxy) is 2. The summed E-state index contributed by atoms with van der Waals surface area (Å²) in [6.07, 6.45) is 2.85. The molecule has 0 aliphatic carbocycles. The Morgan fingerprint density at radius 3 is 2.43 bits per heavy atom. The normalized spacial score (nSPS) is 10.8. The quantitative estimate of drug-likeness (QED) is 0.565. The number of hydrogen-bond donors (Lipinski definition) is 2. The van der Waals surface area contributed by atoms with Gasteiger partial charge in [-0.25, -0.2) is 4.39 Å². The lowest BCUT2D eigenvalue weighted by Crippen LogP contribution is -2.40. The first-order valence-corrected chi connectivity index (χ1v) is 8.74. The molecule has 0 saturated heterocycles. The summed E-state index contributed by atoms with van der Waals surface area (Å²) in [6, 6.07) is 10.3. The van der Waals surface area contributed by atoms with Crippen molar-refractivity contribution < 1.29 is 23.5 Å². The monoisotopic (exact) mass is 386 g/mol. The van der Waals surface area contributed by atoms with E-state index >= 15 is 0 Å². The summed E-state index contributed by atoms with van der Waals surface area (Å²) in [5.41, 5.74) is 5.48. The number of halogens is 1. The van der Waals surface area contributed by atoms with E-state index in [0.29, 0.717) is 24.0 Å². The second-order valence-electron chi connectivity index (χ2n) is 6.40. The van der Waals surface area contributed by atoms with Gasteiger partial charge in [0, 0.05) is 11.6 Å². The molecule has 148 valence electrons. The molecule has 2 aromatic carbocycles. The van der Waals surface area contributed by atoms with E-state index in [1.165, 1.54) is 30.3 Å². The summed E-state index contributed by atoms with van der Waals surface area (Å²) in [6.45, 7) is 4.68. The van der Waals surface area contributed by atoms with Gasteiger partial charge in [-0.05, 0) is 54.0 Å². The van der Waals surface area contributed by atoms with E-state index in [1.807, 2.05) is 0 Å². The summed E-state index contributed by atoms with van der Waals surface area (Å²) >= 11 is 0. The number of rotatable bonds is 7. The first kappa shape index (κ1) is 21.0. The molecule has 0 bridgehead atoms. The van der Waals surface area contributed by atoms with E-state index in [2.05, 4.69) is 24.7 Å². The van der Waals surface area contributed by atoms with Crippen LogP contribution in [0.2, 0.25) is 0 Å². The lowest BCUT2D eigenvalue weighted by atomic mass is 10.2. The fraction of sp³-hybridized carbons (Fsp3) is 0.238. The Bertz CT molecular complexity index is 848. The van der Waals surface area contributed by atoms with Crippen molar-refractivity contribution in [3.8, 4) is 11.5 Å². The minimum atomic E-state index is -0.546. The molecule has 2 amide bonds. The van der Waals surface area contributed by atoms with Gasteiger partial charge in [-0.3, -0.25) is 20.4 Å². The Balaban J connectivity index is 1.92. The van der Waals surface area contributed by atoms with Crippen molar-refractivity contribution in [2.75, 3.05) is 13.7 Å². The van der Waals surface area contributed by atoms with Crippen molar-refractivity contribution in [3.05, 3.63) is 65.5 Å². The molecular formula is C21H23FN2O4. The van der Waals surface area contributed by atoms with Gasteiger partial charge in [-0.1, -0.05) is 19.9 Å². The topological polar surface area (TPSA) is 76.7 Å². The molecule has 0 radical (unpaired) electrons. The highest BCUT2D eigenvalue weighted by atomic mass is 19.1. The number of carbonyl (C=O) groups is 2. The van der Waals surface area contributed by atoms with Gasteiger partial charge in [0.25, 0.3) is 11.8 Å². The molecule has 7 heteroatoms. The summed E-state index contributed by atoms with van der Waals surface area (Å²) in [7, 11) is 1.54. The highest BCUT2D eigenvalue weighted by molar-refractivity contribution is 5.97. The third-order valence-electron chi connectivity index (χ3n) is 3.59. The minimum Gasteiger partial charge on any atom is -0.493 e. The Labute approximate surface area is 163 Å². The number of hydrogen-bond acceptors (Lipinski definition) is 4. The van der Waals surface area contributed by atoms with Crippen LogP contribution in [0.25, 0.3) is 6.08 Å². The van der Waals surface area contributed by atoms with E-state index in [1.54, 1.807) is 31.4 Å². The summed E-state index contributed by atoms with van der Waals surface area (Å²) in [5, 5.41) is 0. The van der Waals surface area contributed by atoms with E-state index < -0.39 is 17.6 Å². The Morgan fingerprint density at radius 1 is 1.07 bits per heavy atom. The third kappa shape index (κ3) is 6.42. The standard InChI is InChI=1S/C21H23FN2O4/c1-14(2)13-28-18-10-4-15(12-19(18)27-3)5-11-20(25)23-24-21(26)16-6-8-17(22)9-7-16/h4-12,14H,13H2,1-3H3,(H,23,25)(H,24,26)/b11-5+. The number of methoxy groups -OCH3 is 1. The minimum absolute atomic E-state index is 0.229. The second kappa shape index (κ2) is 10.1. The predicted octanol–water partition coefficient (Wildman–Crippen LogP) is 3.34. The smallest absolute Gasteiger partial charge is 0.269 e. The molecule has 2 aromatic rings. The number of hydrazine groups is 1. The maximum atomic E-state index is 12.9. The van der Waals surface area contributed by atoms with Crippen molar-refractivity contribution in [2.45, 2.75) is 13.8 Å². The largest absolute Gasteiger partial charge is 0.493 e. The zero-order chi connectivity index (χ0) is 20.5. The molecule has 6 nitrogen and oxygen atoms in total. The van der Waals surface area contributed by atoms with Crippen LogP contribution in [-0.4, -0.2) is 25.5 Å². The molecule has 0 aromatic heterocycles. The molecular weight excluding hydrogens is 363 g/mol. The maximum Gasteiger partial charge on any atom is 0.269 e. The van der Waals surface area contributed by atoms with E-state index in [4.69, 9.17) is 9.47 Å². The molecule has 0 fully saturated rings. The van der Waals surface area contributed by atoms with Crippen molar-refractivity contribution in [2.24, 2.45) is 5.92 Å². The number of carbonyl (C=O) groups excluding carboxylic acids is 2. The summed E-state index contributed by atoms with van der Waals surface area (Å²) < 4.78 is 23.9. The lowest BCUT2D eigenvalue weighted by Gasteiger charge is -2.12. The van der Waals surface area contributed by atoms with Gasteiger partial charge in [0.15, 0.2) is 11.5 Å². The van der Waals surface area contributed by atoms with Crippen LogP contribution in [0.15, 0.2) is 48.5 Å². The Morgan fingerprint density at radius 2 is 1.79 bits per heavy atom. The highest BCUT2D eigenvalue weighted by Gasteiger charge is 2.07. The number of benzene rings is 2. The number of nitrogens with one attached hydrogen (secondary N) is 2. The summed E-state index contributed by atoms with van der Waals surface area (Å²) in [5.74, 6) is 0.0690. The average molecular weight is 386 g/mol. The van der Waals surface area contributed by atoms with Gasteiger partial charge in [-0.15, -0.1) is 0 Å². The molecule has 0 aliphatic heterocycles. The molecule has 0 aliphatic rings. The van der Waals surface area contributed by atoms with Crippen LogP contribution in [0.4, 0.5) is 4.39 Å². The van der Waals surface area contributed by atoms with E-state index in [0.717, 1.165) is 5.56 Å². The second-order valence-corrected chi connectivity index (χ2v) is 6.40. The van der Waals surface area contributed by atoms with Gasteiger partial charge < -0.3 is 9.47 Å². The van der Waals surface area contributed by atoms with Crippen molar-refractivity contribution in [1.29, 1.82) is 0 Å². The molecule has 0 saturated carbocycles. The van der Waals surface area contributed by atoms with Crippen LogP contribution in [0, 0.1) is 11.7 Å². The van der Waals surface area contributed by atoms with Crippen LogP contribution < -0.4 is 20.3 Å². The van der Waals surface area contributed by atoms with Gasteiger partial charge in [0.05, 0.1) is 13.7 Å². The summed E-state index contributed by atoms with van der Waals surface area (Å²) in [4.78, 5) is 23.7. The fourth-order valence-corrected chi connectivity index (χ4v) is 2.17. The van der Waals surface area contributed by atoms with E-state index in [9.17, 15) is 14.0 Å². The van der Waals surface area contributed by atoms with Gasteiger partial charge >= 0.3 is 0 Å². The molecule has 0 atom stereocenters. The van der Waals surface area contributed by atoms with Crippen LogP contribution in [0.1, 0.15) is 29.8 Å². The average Bonchev–Trinajstić information content (AvgIpc) is 2.69. The zero-order valence-electron chi connectivity index (χ0n) is 16.0. The van der Waals surface area contributed by atoms with Crippen molar-refractivity contribution in [3.63, 3.8) is 0 Å². The number of amides is 2. The highest BCUT2D eigenvalue weighted by Crippen LogP contribution is 2.28. The van der Waals surface area contributed by atoms with Crippen molar-refractivity contribution >= 4 is 17.9 Å². The molecule has 2 N–H and O–H groups in total. The molecule has 0 heterocycles. The molecule has 0 spiro atoms. The van der Waals surface area contributed by atoms with E-state index in [-0.39, 0.29) is 5.56 Å². The maximum absolute atomic E-state index is 12.9. The predicted molar refractivity (Wildman–Crippen MR) is 104 cm³/mol. The third-order valence-corrected chi connectivity index (χ3v) is 3.59.